The molecule has 2 saturated heterocycles. The minimum Gasteiger partial charge on any atom is -0.441 e. The first-order valence-corrected chi connectivity index (χ1v) is 9.05. The van der Waals surface area contributed by atoms with Gasteiger partial charge in [-0.1, -0.05) is 12.1 Å². The van der Waals surface area contributed by atoms with Crippen molar-refractivity contribution in [3.63, 3.8) is 0 Å². The van der Waals surface area contributed by atoms with Crippen LogP contribution in [0.3, 0.4) is 0 Å². The fourth-order valence-corrected chi connectivity index (χ4v) is 3.36. The van der Waals surface area contributed by atoms with Gasteiger partial charge in [-0.15, -0.1) is 0 Å². The van der Waals surface area contributed by atoms with Crippen LogP contribution in [0.5, 0.6) is 0 Å². The number of halogens is 1. The number of amides is 4. The van der Waals surface area contributed by atoms with Crippen LogP contribution >= 0.6 is 0 Å². The van der Waals surface area contributed by atoms with E-state index in [-0.39, 0.29) is 11.3 Å². The van der Waals surface area contributed by atoms with Crippen LogP contribution in [0.25, 0.3) is 6.08 Å². The third-order valence-corrected chi connectivity index (χ3v) is 4.76. The summed E-state index contributed by atoms with van der Waals surface area (Å²) < 4.78 is 19.8. The van der Waals surface area contributed by atoms with Gasteiger partial charge in [0.25, 0.3) is 11.8 Å². The Bertz CT molecular complexity index is 975. The maximum absolute atomic E-state index is 14.1. The monoisotopic (exact) mass is 383 g/mol. The van der Waals surface area contributed by atoms with Crippen LogP contribution in [0.15, 0.2) is 46.4 Å². The van der Waals surface area contributed by atoms with Crippen molar-refractivity contribution in [2.75, 3.05) is 22.9 Å². The van der Waals surface area contributed by atoms with Gasteiger partial charge in [0.2, 0.25) is 0 Å². The fraction of sp³-hybridized carbons (Fsp3) is 0.250. The third-order valence-electron chi connectivity index (χ3n) is 4.76. The zero-order valence-electron chi connectivity index (χ0n) is 15.0. The van der Waals surface area contributed by atoms with Gasteiger partial charge < -0.3 is 9.32 Å². The average Bonchev–Trinajstić information content (AvgIpc) is 3.16. The van der Waals surface area contributed by atoms with E-state index in [1.54, 1.807) is 12.1 Å². The Morgan fingerprint density at radius 1 is 1.00 bits per heavy atom. The molecule has 3 heterocycles. The van der Waals surface area contributed by atoms with Crippen molar-refractivity contribution in [2.45, 2.75) is 19.3 Å². The number of imide groups is 2. The normalized spacial score (nSPS) is 19.3. The summed E-state index contributed by atoms with van der Waals surface area (Å²) in [5.41, 5.74) is -0.528. The summed E-state index contributed by atoms with van der Waals surface area (Å²) in [7, 11) is 0. The predicted molar refractivity (Wildman–Crippen MR) is 100 cm³/mol. The predicted octanol–water partition coefficient (Wildman–Crippen LogP) is 3.08. The third kappa shape index (κ3) is 3.28. The van der Waals surface area contributed by atoms with E-state index < -0.39 is 23.7 Å². The van der Waals surface area contributed by atoms with Crippen LogP contribution in [0.2, 0.25) is 0 Å². The standard InChI is InChI=1S/C20H18FN3O4/c21-15-6-2-3-7-16(15)24-19(26)14(18(25)22-20(24)27)12-13-8-9-17(28-13)23-10-4-1-5-11-23/h2-3,6-9,12H,1,4-5,10-11H2,(H,22,25,27)/b14-12-. The van der Waals surface area contributed by atoms with Gasteiger partial charge in [0.05, 0.1) is 5.69 Å². The minimum absolute atomic E-state index is 0.225. The zero-order chi connectivity index (χ0) is 19.7. The fourth-order valence-electron chi connectivity index (χ4n) is 3.36. The second-order valence-electron chi connectivity index (χ2n) is 6.63. The van der Waals surface area contributed by atoms with E-state index in [1.807, 2.05) is 0 Å². The number of benzene rings is 1. The molecule has 1 N–H and O–H groups in total. The summed E-state index contributed by atoms with van der Waals surface area (Å²) in [6.45, 7) is 1.77. The number of hydrogen-bond acceptors (Lipinski definition) is 5. The molecule has 0 spiro atoms. The molecule has 0 unspecified atom stereocenters. The molecule has 2 aliphatic rings. The van der Waals surface area contributed by atoms with Gasteiger partial charge in [0.1, 0.15) is 17.2 Å². The van der Waals surface area contributed by atoms with E-state index in [0.717, 1.165) is 32.0 Å². The van der Waals surface area contributed by atoms with Crippen LogP contribution in [0.4, 0.5) is 20.8 Å². The first kappa shape index (κ1) is 18.0. The number of carbonyl (C=O) groups excluding carboxylic acids is 3. The van der Waals surface area contributed by atoms with Crippen LogP contribution in [-0.4, -0.2) is 30.9 Å². The van der Waals surface area contributed by atoms with Gasteiger partial charge in [-0.25, -0.2) is 14.1 Å². The van der Waals surface area contributed by atoms with Gasteiger partial charge in [-0.3, -0.25) is 14.9 Å². The Kier molecular flexibility index (Phi) is 4.68. The lowest BCUT2D eigenvalue weighted by Crippen LogP contribution is -2.54. The molecule has 8 heteroatoms. The molecule has 1 aromatic heterocycles. The second-order valence-corrected chi connectivity index (χ2v) is 6.63. The highest BCUT2D eigenvalue weighted by Crippen LogP contribution is 2.27. The number of furan rings is 1. The average molecular weight is 383 g/mol. The lowest BCUT2D eigenvalue weighted by Gasteiger charge is -2.26. The van der Waals surface area contributed by atoms with Crippen LogP contribution in [0.1, 0.15) is 25.0 Å². The summed E-state index contributed by atoms with van der Waals surface area (Å²) >= 11 is 0. The Labute approximate surface area is 160 Å². The Morgan fingerprint density at radius 2 is 1.75 bits per heavy atom. The number of piperidine rings is 1. The largest absolute Gasteiger partial charge is 0.441 e. The summed E-state index contributed by atoms with van der Waals surface area (Å²) in [5.74, 6) is -1.53. The number of hydrogen-bond donors (Lipinski definition) is 1. The zero-order valence-corrected chi connectivity index (χ0v) is 15.0. The first-order chi connectivity index (χ1) is 13.5. The van der Waals surface area contributed by atoms with Crippen LogP contribution in [0, 0.1) is 5.82 Å². The van der Waals surface area contributed by atoms with E-state index in [0.29, 0.717) is 16.5 Å². The maximum atomic E-state index is 14.1. The van der Waals surface area contributed by atoms with E-state index in [9.17, 15) is 18.8 Å². The highest BCUT2D eigenvalue weighted by atomic mass is 19.1. The number of barbiturate groups is 1. The topological polar surface area (TPSA) is 82.9 Å². The highest BCUT2D eigenvalue weighted by Gasteiger charge is 2.38. The van der Waals surface area contributed by atoms with E-state index >= 15 is 0 Å². The smallest absolute Gasteiger partial charge is 0.336 e. The van der Waals surface area contributed by atoms with Crippen molar-refractivity contribution >= 4 is 35.5 Å². The van der Waals surface area contributed by atoms with Crippen molar-refractivity contribution in [2.24, 2.45) is 0 Å². The minimum atomic E-state index is -0.995. The van der Waals surface area contributed by atoms with Gasteiger partial charge in [-0.05, 0) is 43.5 Å². The quantitative estimate of drug-likeness (QED) is 0.651. The molecule has 0 saturated carbocycles. The van der Waals surface area contributed by atoms with Crippen LogP contribution in [-0.2, 0) is 9.59 Å². The molecule has 2 aliphatic heterocycles. The number of para-hydroxylation sites is 1. The van der Waals surface area contributed by atoms with Gasteiger partial charge in [0, 0.05) is 19.2 Å². The molecule has 144 valence electrons. The molecule has 7 nitrogen and oxygen atoms in total. The SMILES string of the molecule is O=C1NC(=O)N(c2ccccc2F)C(=O)/C1=C\c1ccc(N2CCCCC2)o1. The summed E-state index contributed by atoms with van der Waals surface area (Å²) in [6, 6.07) is 7.80. The number of carbonyl (C=O) groups is 3. The summed E-state index contributed by atoms with van der Waals surface area (Å²) in [4.78, 5) is 39.8. The van der Waals surface area contributed by atoms with E-state index in [2.05, 4.69) is 10.2 Å². The lowest BCUT2D eigenvalue weighted by molar-refractivity contribution is -0.122. The van der Waals surface area contributed by atoms with Crippen molar-refractivity contribution in [1.82, 2.24) is 5.32 Å². The molecule has 0 atom stereocenters. The number of rotatable bonds is 3. The number of nitrogens with zero attached hydrogens (tertiary/aromatic N) is 2. The first-order valence-electron chi connectivity index (χ1n) is 9.05. The molecule has 2 aromatic rings. The molecule has 4 amide bonds. The molecule has 0 radical (unpaired) electrons. The number of urea groups is 1. The van der Waals surface area contributed by atoms with Crippen molar-refractivity contribution in [3.8, 4) is 0 Å². The number of anilines is 2. The summed E-state index contributed by atoms with van der Waals surface area (Å²) in [5, 5.41) is 2.07. The molecule has 1 aromatic carbocycles. The Morgan fingerprint density at radius 3 is 2.50 bits per heavy atom. The highest BCUT2D eigenvalue weighted by molar-refractivity contribution is 6.39. The van der Waals surface area contributed by atoms with Crippen molar-refractivity contribution in [1.29, 1.82) is 0 Å². The second kappa shape index (κ2) is 7.30. The van der Waals surface area contributed by atoms with E-state index in [1.165, 1.54) is 30.7 Å². The molecule has 2 fully saturated rings. The van der Waals surface area contributed by atoms with Crippen molar-refractivity contribution < 1.29 is 23.2 Å². The van der Waals surface area contributed by atoms with Gasteiger partial charge >= 0.3 is 6.03 Å². The molecule has 28 heavy (non-hydrogen) atoms. The van der Waals surface area contributed by atoms with Crippen molar-refractivity contribution in [3.05, 3.63) is 53.5 Å². The molecule has 0 aliphatic carbocycles. The molecule has 0 bridgehead atoms. The van der Waals surface area contributed by atoms with Gasteiger partial charge in [0.15, 0.2) is 5.88 Å². The molecular formula is C20H18FN3O4. The Balaban J connectivity index is 1.64. The molecular weight excluding hydrogens is 365 g/mol. The van der Waals surface area contributed by atoms with E-state index in [4.69, 9.17) is 4.42 Å². The van der Waals surface area contributed by atoms with Gasteiger partial charge in [-0.2, -0.15) is 0 Å². The molecule has 4 rings (SSSR count). The maximum Gasteiger partial charge on any atom is 0.336 e. The lowest BCUT2D eigenvalue weighted by atomic mass is 10.1. The number of nitrogens with one attached hydrogen (secondary N) is 1. The summed E-state index contributed by atoms with van der Waals surface area (Å²) in [6.07, 6.45) is 4.61. The Hall–Kier alpha value is -3.42. The van der Waals surface area contributed by atoms with Crippen LogP contribution < -0.4 is 15.1 Å².